The fourth-order valence-corrected chi connectivity index (χ4v) is 3.22. The lowest BCUT2D eigenvalue weighted by atomic mass is 10.00. The van der Waals surface area contributed by atoms with E-state index in [9.17, 15) is 0 Å². The zero-order valence-corrected chi connectivity index (χ0v) is 12.6. The Morgan fingerprint density at radius 2 is 1.82 bits per heavy atom. The topological polar surface area (TPSA) is 22.3 Å². The number of nitrogens with zero attached hydrogens (tertiary/aromatic N) is 2. The summed E-state index contributed by atoms with van der Waals surface area (Å²) in [5.41, 5.74) is 5.17. The quantitative estimate of drug-likeness (QED) is 0.786. The third kappa shape index (κ3) is 2.55. The van der Waals surface area contributed by atoms with Crippen molar-refractivity contribution < 1.29 is 4.90 Å². The van der Waals surface area contributed by atoms with Crippen LogP contribution < -0.4 is 4.90 Å². The van der Waals surface area contributed by atoms with Gasteiger partial charge >= 0.3 is 0 Å². The molecule has 2 heterocycles. The van der Waals surface area contributed by atoms with Crippen LogP contribution >= 0.6 is 0 Å². The summed E-state index contributed by atoms with van der Waals surface area (Å²) in [4.78, 5) is 6.07. The summed E-state index contributed by atoms with van der Waals surface area (Å²) in [6, 6.07) is 19.1. The molecular formula is C19H20N3+. The van der Waals surface area contributed by atoms with E-state index in [-0.39, 0.29) is 0 Å². The normalized spacial score (nSPS) is 18.4. The fourth-order valence-electron chi connectivity index (χ4n) is 3.22. The van der Waals surface area contributed by atoms with Gasteiger partial charge in [-0.25, -0.2) is 4.98 Å². The highest BCUT2D eigenvalue weighted by Gasteiger charge is 2.16. The SMILES string of the molecule is C1=C(c2ccccc2)CC[NH+](Cn2cnc3ccccc32)C1. The average Bonchev–Trinajstić information content (AvgIpc) is 3.00. The predicted octanol–water partition coefficient (Wildman–Crippen LogP) is 2.37. The number of benzene rings is 2. The van der Waals surface area contributed by atoms with Crippen molar-refractivity contribution in [1.82, 2.24) is 9.55 Å². The van der Waals surface area contributed by atoms with Gasteiger partial charge in [-0.15, -0.1) is 0 Å². The smallest absolute Gasteiger partial charge is 0.158 e. The first kappa shape index (κ1) is 13.3. The summed E-state index contributed by atoms with van der Waals surface area (Å²) in [6.07, 6.45) is 5.51. The second-order valence-electron chi connectivity index (χ2n) is 5.91. The first-order chi connectivity index (χ1) is 10.9. The Kier molecular flexibility index (Phi) is 3.49. The summed E-state index contributed by atoms with van der Waals surface area (Å²) in [5, 5.41) is 0. The zero-order chi connectivity index (χ0) is 14.8. The van der Waals surface area contributed by atoms with Gasteiger partial charge in [0, 0.05) is 6.42 Å². The number of fused-ring (bicyclic) bond motifs is 1. The third-order valence-corrected chi connectivity index (χ3v) is 4.45. The molecule has 2 aromatic carbocycles. The molecule has 1 unspecified atom stereocenters. The molecule has 0 radical (unpaired) electrons. The molecule has 4 rings (SSSR count). The molecule has 22 heavy (non-hydrogen) atoms. The molecule has 1 N–H and O–H groups in total. The van der Waals surface area contributed by atoms with Crippen LogP contribution in [0.3, 0.4) is 0 Å². The van der Waals surface area contributed by atoms with Gasteiger partial charge in [0.15, 0.2) is 6.67 Å². The molecule has 0 amide bonds. The van der Waals surface area contributed by atoms with Crippen molar-refractivity contribution in [2.24, 2.45) is 0 Å². The van der Waals surface area contributed by atoms with Crippen molar-refractivity contribution in [3.8, 4) is 0 Å². The molecule has 1 aliphatic rings. The van der Waals surface area contributed by atoms with Gasteiger partial charge < -0.3 is 4.90 Å². The van der Waals surface area contributed by atoms with E-state index in [4.69, 9.17) is 0 Å². The van der Waals surface area contributed by atoms with E-state index >= 15 is 0 Å². The van der Waals surface area contributed by atoms with Gasteiger partial charge in [0.1, 0.15) is 6.33 Å². The van der Waals surface area contributed by atoms with Gasteiger partial charge in [0.05, 0.1) is 24.1 Å². The van der Waals surface area contributed by atoms with Crippen LogP contribution in [0.15, 0.2) is 67.0 Å². The standard InChI is InChI=1S/C19H19N3/c1-2-6-16(7-3-1)17-10-12-21(13-11-17)15-22-14-20-18-8-4-5-9-19(18)22/h1-10,14H,11-13,15H2/p+1. The second-order valence-corrected chi connectivity index (χ2v) is 5.91. The Balaban J connectivity index is 1.49. The van der Waals surface area contributed by atoms with E-state index in [1.54, 1.807) is 4.90 Å². The van der Waals surface area contributed by atoms with E-state index in [1.165, 1.54) is 23.2 Å². The number of aromatic nitrogens is 2. The van der Waals surface area contributed by atoms with Crippen LogP contribution in [0.1, 0.15) is 12.0 Å². The minimum Gasteiger partial charge on any atom is -0.314 e. The molecule has 3 heteroatoms. The van der Waals surface area contributed by atoms with Crippen LogP contribution in [0.5, 0.6) is 0 Å². The minimum absolute atomic E-state index is 0.985. The Hall–Kier alpha value is -2.39. The Bertz CT molecular complexity index is 802. The molecular weight excluding hydrogens is 270 g/mol. The fraction of sp³-hybridized carbons (Fsp3) is 0.211. The molecule has 0 aliphatic carbocycles. The minimum atomic E-state index is 0.985. The number of rotatable bonds is 3. The molecule has 0 fully saturated rings. The summed E-state index contributed by atoms with van der Waals surface area (Å²) < 4.78 is 2.27. The number of nitrogens with one attached hydrogen (secondary N) is 1. The second kappa shape index (κ2) is 5.78. The number of hydrogen-bond acceptors (Lipinski definition) is 1. The molecule has 0 saturated heterocycles. The Morgan fingerprint density at radius 1 is 1.00 bits per heavy atom. The maximum atomic E-state index is 4.48. The summed E-state index contributed by atoms with van der Waals surface area (Å²) >= 11 is 0. The Labute approximate surface area is 130 Å². The highest BCUT2D eigenvalue weighted by molar-refractivity contribution is 5.74. The lowest BCUT2D eigenvalue weighted by molar-refractivity contribution is -0.917. The molecule has 0 bridgehead atoms. The molecule has 0 saturated carbocycles. The van der Waals surface area contributed by atoms with Crippen LogP contribution in [0.4, 0.5) is 0 Å². The van der Waals surface area contributed by atoms with Crippen LogP contribution in [0, 0.1) is 0 Å². The third-order valence-electron chi connectivity index (χ3n) is 4.45. The molecule has 3 nitrogen and oxygen atoms in total. The van der Waals surface area contributed by atoms with E-state index < -0.39 is 0 Å². The van der Waals surface area contributed by atoms with E-state index in [0.717, 1.165) is 25.2 Å². The van der Waals surface area contributed by atoms with Crippen molar-refractivity contribution in [3.05, 3.63) is 72.6 Å². The van der Waals surface area contributed by atoms with Gasteiger partial charge in [0.2, 0.25) is 0 Å². The molecule has 1 aromatic heterocycles. The number of imidazole rings is 1. The van der Waals surface area contributed by atoms with Crippen LogP contribution in [0.2, 0.25) is 0 Å². The lowest BCUT2D eigenvalue weighted by Gasteiger charge is -2.24. The van der Waals surface area contributed by atoms with Gasteiger partial charge in [0.25, 0.3) is 0 Å². The summed E-state index contributed by atoms with van der Waals surface area (Å²) in [5.74, 6) is 0. The van der Waals surface area contributed by atoms with Gasteiger partial charge in [-0.3, -0.25) is 4.57 Å². The van der Waals surface area contributed by atoms with Crippen molar-refractivity contribution in [2.45, 2.75) is 13.1 Å². The first-order valence-corrected chi connectivity index (χ1v) is 7.88. The van der Waals surface area contributed by atoms with Crippen LogP contribution in [0.25, 0.3) is 16.6 Å². The molecule has 1 aliphatic heterocycles. The highest BCUT2D eigenvalue weighted by Crippen LogP contribution is 2.18. The largest absolute Gasteiger partial charge is 0.314 e. The van der Waals surface area contributed by atoms with E-state index in [1.807, 2.05) is 12.4 Å². The molecule has 110 valence electrons. The average molecular weight is 290 g/mol. The van der Waals surface area contributed by atoms with Gasteiger partial charge in [-0.05, 0) is 29.3 Å². The van der Waals surface area contributed by atoms with Crippen molar-refractivity contribution in [3.63, 3.8) is 0 Å². The Morgan fingerprint density at radius 3 is 2.64 bits per heavy atom. The van der Waals surface area contributed by atoms with Crippen molar-refractivity contribution in [1.29, 1.82) is 0 Å². The highest BCUT2D eigenvalue weighted by atomic mass is 15.3. The van der Waals surface area contributed by atoms with Crippen molar-refractivity contribution in [2.75, 3.05) is 13.1 Å². The van der Waals surface area contributed by atoms with Gasteiger partial charge in [-0.2, -0.15) is 0 Å². The van der Waals surface area contributed by atoms with E-state index in [2.05, 4.69) is 64.2 Å². The monoisotopic (exact) mass is 290 g/mol. The van der Waals surface area contributed by atoms with Crippen LogP contribution in [-0.4, -0.2) is 22.6 Å². The summed E-state index contributed by atoms with van der Waals surface area (Å²) in [6.45, 7) is 3.24. The lowest BCUT2D eigenvalue weighted by Crippen LogP contribution is -3.11. The molecule has 1 atom stereocenters. The van der Waals surface area contributed by atoms with Gasteiger partial charge in [-0.1, -0.05) is 42.5 Å². The maximum absolute atomic E-state index is 4.48. The summed E-state index contributed by atoms with van der Waals surface area (Å²) in [7, 11) is 0. The van der Waals surface area contributed by atoms with E-state index in [0.29, 0.717) is 0 Å². The van der Waals surface area contributed by atoms with Crippen molar-refractivity contribution >= 4 is 16.6 Å². The number of para-hydroxylation sites is 2. The first-order valence-electron chi connectivity index (χ1n) is 7.88. The number of quaternary nitrogens is 1. The van der Waals surface area contributed by atoms with Crippen LogP contribution in [-0.2, 0) is 6.67 Å². The molecule has 3 aromatic rings. The zero-order valence-electron chi connectivity index (χ0n) is 12.6. The predicted molar refractivity (Wildman–Crippen MR) is 89.5 cm³/mol. The maximum Gasteiger partial charge on any atom is 0.158 e. The number of hydrogen-bond donors (Lipinski definition) is 1. The molecule has 0 spiro atoms.